The summed E-state index contributed by atoms with van der Waals surface area (Å²) in [7, 11) is 1.56. The standard InChI is InChI=1S/C14H14N2O2S/c1-18-13-5-3-2-4-12(13)16-14(17)15-10-6-8-11(19)9-7-10/h2-9,19H,1H3,(H2,15,16,17). The van der Waals surface area contributed by atoms with Crippen LogP contribution in [0.4, 0.5) is 16.2 Å². The molecular weight excluding hydrogens is 260 g/mol. The smallest absolute Gasteiger partial charge is 0.323 e. The lowest BCUT2D eigenvalue weighted by molar-refractivity contribution is 0.262. The van der Waals surface area contributed by atoms with E-state index in [4.69, 9.17) is 4.74 Å². The van der Waals surface area contributed by atoms with Crippen molar-refractivity contribution in [1.29, 1.82) is 0 Å². The van der Waals surface area contributed by atoms with E-state index in [2.05, 4.69) is 23.3 Å². The van der Waals surface area contributed by atoms with Gasteiger partial charge < -0.3 is 15.4 Å². The Bertz CT molecular complexity index is 570. The molecule has 0 saturated heterocycles. The van der Waals surface area contributed by atoms with E-state index in [-0.39, 0.29) is 6.03 Å². The van der Waals surface area contributed by atoms with Gasteiger partial charge in [0.05, 0.1) is 12.8 Å². The van der Waals surface area contributed by atoms with Gasteiger partial charge in [-0.3, -0.25) is 0 Å². The molecule has 0 aliphatic carbocycles. The fourth-order valence-electron chi connectivity index (χ4n) is 1.58. The Morgan fingerprint density at radius 2 is 1.74 bits per heavy atom. The lowest BCUT2D eigenvalue weighted by Gasteiger charge is -2.10. The number of carbonyl (C=O) groups excluding carboxylic acids is 1. The van der Waals surface area contributed by atoms with Crippen molar-refractivity contribution in [3.05, 3.63) is 48.5 Å². The summed E-state index contributed by atoms with van der Waals surface area (Å²) in [5, 5.41) is 5.46. The van der Waals surface area contributed by atoms with Crippen molar-refractivity contribution < 1.29 is 9.53 Å². The number of hydrogen-bond donors (Lipinski definition) is 3. The van der Waals surface area contributed by atoms with Crippen molar-refractivity contribution in [1.82, 2.24) is 0 Å². The molecule has 4 nitrogen and oxygen atoms in total. The highest BCUT2D eigenvalue weighted by Crippen LogP contribution is 2.23. The zero-order valence-electron chi connectivity index (χ0n) is 10.4. The van der Waals surface area contributed by atoms with E-state index in [0.717, 1.165) is 4.90 Å². The van der Waals surface area contributed by atoms with Crippen LogP contribution in [0.5, 0.6) is 5.75 Å². The van der Waals surface area contributed by atoms with E-state index >= 15 is 0 Å². The molecule has 0 heterocycles. The van der Waals surface area contributed by atoms with Gasteiger partial charge in [-0.1, -0.05) is 12.1 Å². The highest BCUT2D eigenvalue weighted by atomic mass is 32.1. The van der Waals surface area contributed by atoms with Crippen molar-refractivity contribution in [2.24, 2.45) is 0 Å². The van der Waals surface area contributed by atoms with Gasteiger partial charge in [0.1, 0.15) is 5.75 Å². The molecule has 19 heavy (non-hydrogen) atoms. The number of rotatable bonds is 3. The van der Waals surface area contributed by atoms with Crippen LogP contribution in [0.3, 0.4) is 0 Å². The van der Waals surface area contributed by atoms with Crippen molar-refractivity contribution in [2.75, 3.05) is 17.7 Å². The molecule has 0 radical (unpaired) electrons. The van der Waals surface area contributed by atoms with Gasteiger partial charge in [-0.15, -0.1) is 12.6 Å². The maximum absolute atomic E-state index is 11.8. The second kappa shape index (κ2) is 6.15. The lowest BCUT2D eigenvalue weighted by Crippen LogP contribution is -2.19. The van der Waals surface area contributed by atoms with Crippen molar-refractivity contribution in [3.63, 3.8) is 0 Å². The predicted molar refractivity (Wildman–Crippen MR) is 79.3 cm³/mol. The number of thiol groups is 1. The average Bonchev–Trinajstić information content (AvgIpc) is 2.42. The van der Waals surface area contributed by atoms with E-state index in [1.807, 2.05) is 24.3 Å². The van der Waals surface area contributed by atoms with E-state index in [9.17, 15) is 4.79 Å². The Hall–Kier alpha value is -2.14. The fraction of sp³-hybridized carbons (Fsp3) is 0.0714. The van der Waals surface area contributed by atoms with Crippen LogP contribution in [0, 0.1) is 0 Å². The fourth-order valence-corrected chi connectivity index (χ4v) is 1.73. The number of hydrogen-bond acceptors (Lipinski definition) is 3. The highest BCUT2D eigenvalue weighted by molar-refractivity contribution is 7.80. The zero-order chi connectivity index (χ0) is 13.7. The summed E-state index contributed by atoms with van der Waals surface area (Å²) in [5.74, 6) is 0.614. The van der Waals surface area contributed by atoms with Gasteiger partial charge in [-0.25, -0.2) is 4.79 Å². The second-order valence-corrected chi connectivity index (χ2v) is 4.34. The Labute approximate surface area is 117 Å². The topological polar surface area (TPSA) is 50.4 Å². The third-order valence-electron chi connectivity index (χ3n) is 2.48. The summed E-state index contributed by atoms with van der Waals surface area (Å²) in [6.45, 7) is 0. The molecule has 2 N–H and O–H groups in total. The first-order valence-corrected chi connectivity index (χ1v) is 6.14. The van der Waals surface area contributed by atoms with E-state index in [1.54, 1.807) is 31.4 Å². The molecule has 2 rings (SSSR count). The van der Waals surface area contributed by atoms with Crippen LogP contribution < -0.4 is 15.4 Å². The van der Waals surface area contributed by atoms with Gasteiger partial charge in [-0.05, 0) is 36.4 Å². The van der Waals surface area contributed by atoms with Crippen LogP contribution in [0.25, 0.3) is 0 Å². The lowest BCUT2D eigenvalue weighted by atomic mass is 10.3. The van der Waals surface area contributed by atoms with Crippen LogP contribution in [-0.2, 0) is 0 Å². The summed E-state index contributed by atoms with van der Waals surface area (Å²) in [6.07, 6.45) is 0. The van der Waals surface area contributed by atoms with Crippen LogP contribution in [0.2, 0.25) is 0 Å². The molecule has 0 bridgehead atoms. The number of methoxy groups -OCH3 is 1. The number of amides is 2. The van der Waals surface area contributed by atoms with Gasteiger partial charge >= 0.3 is 6.03 Å². The second-order valence-electron chi connectivity index (χ2n) is 3.83. The first-order chi connectivity index (χ1) is 9.19. The Morgan fingerprint density at radius 1 is 1.05 bits per heavy atom. The minimum atomic E-state index is -0.323. The summed E-state index contributed by atoms with van der Waals surface area (Å²) in [4.78, 5) is 12.7. The maximum atomic E-state index is 11.8. The molecule has 0 aromatic heterocycles. The normalized spacial score (nSPS) is 9.79. The van der Waals surface area contributed by atoms with Crippen molar-refractivity contribution >= 4 is 30.0 Å². The summed E-state index contributed by atoms with van der Waals surface area (Å²) < 4.78 is 5.16. The summed E-state index contributed by atoms with van der Waals surface area (Å²) in [6, 6.07) is 14.1. The SMILES string of the molecule is COc1ccccc1NC(=O)Nc1ccc(S)cc1. The molecule has 0 aliphatic rings. The van der Waals surface area contributed by atoms with Crippen molar-refractivity contribution in [2.45, 2.75) is 4.90 Å². The third-order valence-corrected chi connectivity index (χ3v) is 2.78. The third kappa shape index (κ3) is 3.66. The molecule has 5 heteroatoms. The largest absolute Gasteiger partial charge is 0.495 e. The average molecular weight is 274 g/mol. The first kappa shape index (κ1) is 13.3. The molecular formula is C14H14N2O2S. The molecule has 0 saturated carbocycles. The van der Waals surface area contributed by atoms with Crippen LogP contribution >= 0.6 is 12.6 Å². The highest BCUT2D eigenvalue weighted by Gasteiger charge is 2.06. The zero-order valence-corrected chi connectivity index (χ0v) is 11.3. The molecule has 2 aromatic rings. The number of ether oxygens (including phenoxy) is 1. The van der Waals surface area contributed by atoms with Gasteiger partial charge in [0.25, 0.3) is 0 Å². The number of benzene rings is 2. The molecule has 0 fully saturated rings. The van der Waals surface area contributed by atoms with E-state index in [0.29, 0.717) is 17.1 Å². The Kier molecular flexibility index (Phi) is 4.30. The van der Waals surface area contributed by atoms with Gasteiger partial charge in [0, 0.05) is 10.6 Å². The molecule has 0 unspecified atom stereocenters. The van der Waals surface area contributed by atoms with Gasteiger partial charge in [-0.2, -0.15) is 0 Å². The molecule has 98 valence electrons. The van der Waals surface area contributed by atoms with Gasteiger partial charge in [0.2, 0.25) is 0 Å². The minimum Gasteiger partial charge on any atom is -0.495 e. The van der Waals surface area contributed by atoms with Crippen LogP contribution in [-0.4, -0.2) is 13.1 Å². The number of urea groups is 1. The monoisotopic (exact) mass is 274 g/mol. The Balaban J connectivity index is 2.03. The number of anilines is 2. The van der Waals surface area contributed by atoms with Gasteiger partial charge in [0.15, 0.2) is 0 Å². The molecule has 2 aromatic carbocycles. The quantitative estimate of drug-likeness (QED) is 0.749. The summed E-state index contributed by atoms with van der Waals surface area (Å²) >= 11 is 4.18. The molecule has 0 spiro atoms. The minimum absolute atomic E-state index is 0.323. The molecule has 2 amide bonds. The van der Waals surface area contributed by atoms with Crippen molar-refractivity contribution in [3.8, 4) is 5.75 Å². The molecule has 0 aliphatic heterocycles. The number of carbonyl (C=O) groups is 1. The predicted octanol–water partition coefficient (Wildman–Crippen LogP) is 3.63. The van der Waals surface area contributed by atoms with Crippen LogP contribution in [0.15, 0.2) is 53.4 Å². The molecule has 0 atom stereocenters. The summed E-state index contributed by atoms with van der Waals surface area (Å²) in [5.41, 5.74) is 1.32. The number of nitrogens with one attached hydrogen (secondary N) is 2. The Morgan fingerprint density at radius 3 is 2.42 bits per heavy atom. The van der Waals surface area contributed by atoms with E-state index in [1.165, 1.54) is 0 Å². The number of para-hydroxylation sites is 2. The maximum Gasteiger partial charge on any atom is 0.323 e. The van der Waals surface area contributed by atoms with E-state index < -0.39 is 0 Å². The first-order valence-electron chi connectivity index (χ1n) is 5.69. The van der Waals surface area contributed by atoms with Crippen LogP contribution in [0.1, 0.15) is 0 Å².